The predicted octanol–water partition coefficient (Wildman–Crippen LogP) is 4.86. The van der Waals surface area contributed by atoms with Gasteiger partial charge in [0.1, 0.15) is 17.2 Å². The topological polar surface area (TPSA) is 73.5 Å². The van der Waals surface area contributed by atoms with Crippen molar-refractivity contribution in [2.75, 3.05) is 11.4 Å². The number of hydrogen-bond donors (Lipinski definition) is 0. The SMILES string of the molecule is Cc1c(N(C)S(=O)(=O)c2ccc(Oc3ccc(Br)cc3)cc2)c(=O)n(-c2ccccc2)n1C. The first-order valence-electron chi connectivity index (χ1n) is 10.1. The fourth-order valence-electron chi connectivity index (χ4n) is 3.51. The normalized spacial score (nSPS) is 11.4. The summed E-state index contributed by atoms with van der Waals surface area (Å²) in [5.74, 6) is 1.13. The van der Waals surface area contributed by atoms with E-state index in [2.05, 4.69) is 15.9 Å². The van der Waals surface area contributed by atoms with Crippen LogP contribution in [0.25, 0.3) is 5.69 Å². The Morgan fingerprint density at radius 1 is 0.879 bits per heavy atom. The Bertz CT molecular complexity index is 1440. The molecule has 1 heterocycles. The summed E-state index contributed by atoms with van der Waals surface area (Å²) in [7, 11) is -0.859. The first-order chi connectivity index (χ1) is 15.7. The number of rotatable bonds is 6. The number of para-hydroxylation sites is 1. The van der Waals surface area contributed by atoms with Gasteiger partial charge in [-0.25, -0.2) is 13.1 Å². The quantitative estimate of drug-likeness (QED) is 0.358. The number of nitrogens with zero attached hydrogens (tertiary/aromatic N) is 3. The van der Waals surface area contributed by atoms with E-state index in [0.717, 1.165) is 8.78 Å². The van der Waals surface area contributed by atoms with Gasteiger partial charge in [-0.2, -0.15) is 0 Å². The number of halogens is 1. The molecule has 0 amide bonds. The number of anilines is 1. The molecule has 0 aliphatic heterocycles. The lowest BCUT2D eigenvalue weighted by Crippen LogP contribution is -2.31. The molecule has 0 atom stereocenters. The van der Waals surface area contributed by atoms with Crippen molar-refractivity contribution in [3.63, 3.8) is 0 Å². The van der Waals surface area contributed by atoms with Crippen molar-refractivity contribution >= 4 is 31.6 Å². The third-order valence-electron chi connectivity index (χ3n) is 5.37. The predicted molar refractivity (Wildman–Crippen MR) is 132 cm³/mol. The van der Waals surface area contributed by atoms with Crippen LogP contribution in [0.5, 0.6) is 11.5 Å². The van der Waals surface area contributed by atoms with Gasteiger partial charge in [-0.15, -0.1) is 0 Å². The third-order valence-corrected chi connectivity index (χ3v) is 7.67. The highest BCUT2D eigenvalue weighted by Crippen LogP contribution is 2.27. The molecule has 1 aromatic heterocycles. The first-order valence-corrected chi connectivity index (χ1v) is 12.3. The smallest absolute Gasteiger partial charge is 0.296 e. The number of aromatic nitrogens is 2. The van der Waals surface area contributed by atoms with Gasteiger partial charge in [0.05, 0.1) is 16.3 Å². The van der Waals surface area contributed by atoms with E-state index >= 15 is 0 Å². The van der Waals surface area contributed by atoms with Crippen molar-refractivity contribution in [3.8, 4) is 17.2 Å². The van der Waals surface area contributed by atoms with Crippen LogP contribution in [0.4, 0.5) is 5.69 Å². The summed E-state index contributed by atoms with van der Waals surface area (Å²) in [5.41, 5.74) is 0.865. The molecule has 0 unspecified atom stereocenters. The van der Waals surface area contributed by atoms with Crippen LogP contribution < -0.4 is 14.6 Å². The molecule has 0 saturated carbocycles. The molecule has 33 heavy (non-hydrogen) atoms. The van der Waals surface area contributed by atoms with E-state index in [1.54, 1.807) is 55.1 Å². The fraction of sp³-hybridized carbons (Fsp3) is 0.125. The lowest BCUT2D eigenvalue weighted by atomic mass is 10.3. The molecule has 0 aliphatic carbocycles. The minimum atomic E-state index is -3.97. The Hall–Kier alpha value is -3.30. The Morgan fingerprint density at radius 2 is 1.42 bits per heavy atom. The maximum Gasteiger partial charge on any atom is 0.296 e. The maximum absolute atomic E-state index is 13.3. The molecule has 0 spiro atoms. The van der Waals surface area contributed by atoms with Gasteiger partial charge in [-0.05, 0) is 67.6 Å². The molecule has 3 aromatic carbocycles. The summed E-state index contributed by atoms with van der Waals surface area (Å²) in [6, 6.07) is 22.5. The van der Waals surface area contributed by atoms with E-state index in [4.69, 9.17) is 4.74 Å². The largest absolute Gasteiger partial charge is 0.457 e. The van der Waals surface area contributed by atoms with Crippen molar-refractivity contribution in [2.24, 2.45) is 7.05 Å². The van der Waals surface area contributed by atoms with E-state index in [9.17, 15) is 13.2 Å². The van der Waals surface area contributed by atoms with Gasteiger partial charge in [-0.3, -0.25) is 13.8 Å². The lowest BCUT2D eigenvalue weighted by molar-refractivity contribution is 0.482. The Morgan fingerprint density at radius 3 is 2.00 bits per heavy atom. The minimum absolute atomic E-state index is 0.0575. The van der Waals surface area contributed by atoms with Gasteiger partial charge in [0.15, 0.2) is 0 Å². The number of sulfonamides is 1. The van der Waals surface area contributed by atoms with E-state index < -0.39 is 15.6 Å². The highest BCUT2D eigenvalue weighted by molar-refractivity contribution is 9.10. The Balaban J connectivity index is 1.65. The van der Waals surface area contributed by atoms with Crippen LogP contribution >= 0.6 is 15.9 Å². The van der Waals surface area contributed by atoms with Crippen molar-refractivity contribution < 1.29 is 13.2 Å². The Kier molecular flexibility index (Phi) is 6.18. The second-order valence-corrected chi connectivity index (χ2v) is 10.3. The van der Waals surface area contributed by atoms with Crippen molar-refractivity contribution in [2.45, 2.75) is 11.8 Å². The van der Waals surface area contributed by atoms with Crippen molar-refractivity contribution in [1.29, 1.82) is 0 Å². The average Bonchev–Trinajstić information content (AvgIpc) is 3.03. The van der Waals surface area contributed by atoms with E-state index in [1.807, 2.05) is 30.3 Å². The van der Waals surface area contributed by atoms with Gasteiger partial charge in [0.25, 0.3) is 15.6 Å². The van der Waals surface area contributed by atoms with Gasteiger partial charge < -0.3 is 4.74 Å². The zero-order chi connectivity index (χ0) is 23.8. The molecule has 4 aromatic rings. The van der Waals surface area contributed by atoms with Crippen molar-refractivity contribution in [3.05, 3.63) is 99.4 Å². The van der Waals surface area contributed by atoms with Crippen LogP contribution in [0.1, 0.15) is 5.69 Å². The van der Waals surface area contributed by atoms with E-state index in [0.29, 0.717) is 22.9 Å². The second kappa shape index (κ2) is 8.92. The molecule has 170 valence electrons. The molecule has 0 fully saturated rings. The van der Waals surface area contributed by atoms with Crippen LogP contribution in [0, 0.1) is 6.92 Å². The highest BCUT2D eigenvalue weighted by atomic mass is 79.9. The summed E-state index contributed by atoms with van der Waals surface area (Å²) in [6.45, 7) is 1.72. The summed E-state index contributed by atoms with van der Waals surface area (Å²) in [5, 5.41) is 0. The van der Waals surface area contributed by atoms with Crippen LogP contribution in [-0.2, 0) is 17.1 Å². The summed E-state index contributed by atoms with van der Waals surface area (Å²) >= 11 is 3.37. The molecule has 0 aliphatic rings. The summed E-state index contributed by atoms with van der Waals surface area (Å²) in [6.07, 6.45) is 0. The molecular weight excluding hydrogens is 506 g/mol. The molecule has 4 rings (SSSR count). The molecule has 7 nitrogen and oxygen atoms in total. The van der Waals surface area contributed by atoms with Gasteiger partial charge in [-0.1, -0.05) is 34.1 Å². The molecule has 0 radical (unpaired) electrons. The van der Waals surface area contributed by atoms with Crippen LogP contribution in [0.3, 0.4) is 0 Å². The summed E-state index contributed by atoms with van der Waals surface area (Å²) < 4.78 is 37.5. The molecular formula is C24H22BrN3O4S. The average molecular weight is 528 g/mol. The lowest BCUT2D eigenvalue weighted by Gasteiger charge is -2.18. The standard InChI is InChI=1S/C24H22BrN3O4S/c1-17-23(24(29)28(26(17)2)19-7-5-4-6-8-19)27(3)33(30,31)22-15-13-21(14-16-22)32-20-11-9-18(25)10-12-20/h4-16H,1-3H3. The monoisotopic (exact) mass is 527 g/mol. The van der Waals surface area contributed by atoms with E-state index in [1.165, 1.54) is 23.9 Å². The number of ether oxygens (including phenoxy) is 1. The molecule has 0 bridgehead atoms. The van der Waals surface area contributed by atoms with Crippen LogP contribution in [-0.4, -0.2) is 24.8 Å². The first kappa shape index (κ1) is 22.9. The zero-order valence-corrected chi connectivity index (χ0v) is 20.7. The number of hydrogen-bond acceptors (Lipinski definition) is 4. The Labute approximate surface area is 200 Å². The van der Waals surface area contributed by atoms with E-state index in [-0.39, 0.29) is 10.6 Å². The number of benzene rings is 3. The zero-order valence-electron chi connectivity index (χ0n) is 18.3. The maximum atomic E-state index is 13.3. The van der Waals surface area contributed by atoms with Gasteiger partial charge in [0.2, 0.25) is 0 Å². The second-order valence-electron chi connectivity index (χ2n) is 7.41. The summed E-state index contributed by atoms with van der Waals surface area (Å²) in [4.78, 5) is 13.3. The van der Waals surface area contributed by atoms with Crippen molar-refractivity contribution in [1.82, 2.24) is 9.36 Å². The van der Waals surface area contributed by atoms with Gasteiger partial charge >= 0.3 is 0 Å². The highest BCUT2D eigenvalue weighted by Gasteiger charge is 2.28. The fourth-order valence-corrected chi connectivity index (χ4v) is 5.02. The van der Waals surface area contributed by atoms with Crippen LogP contribution in [0.15, 0.2) is 93.0 Å². The molecule has 0 saturated heterocycles. The molecule has 0 N–H and O–H groups in total. The van der Waals surface area contributed by atoms with Crippen LogP contribution in [0.2, 0.25) is 0 Å². The molecule has 9 heteroatoms. The van der Waals surface area contributed by atoms with Gasteiger partial charge in [0, 0.05) is 18.6 Å². The minimum Gasteiger partial charge on any atom is -0.457 e. The third kappa shape index (κ3) is 4.34.